The van der Waals surface area contributed by atoms with Gasteiger partial charge < -0.3 is 24.9 Å². The van der Waals surface area contributed by atoms with Crippen molar-refractivity contribution < 1.29 is 29.1 Å². The second-order valence-corrected chi connectivity index (χ2v) is 7.26. The molecule has 0 bridgehead atoms. The van der Waals surface area contributed by atoms with Gasteiger partial charge in [0.05, 0.1) is 12.2 Å². The number of amides is 2. The van der Waals surface area contributed by atoms with Gasteiger partial charge >= 0.3 is 5.97 Å². The van der Waals surface area contributed by atoms with Crippen LogP contribution >= 0.6 is 23.5 Å². The van der Waals surface area contributed by atoms with Crippen LogP contribution in [0.25, 0.3) is 0 Å². The van der Waals surface area contributed by atoms with E-state index in [0.29, 0.717) is 12.4 Å². The lowest BCUT2D eigenvalue weighted by molar-refractivity contribution is -0.144. The first-order valence-corrected chi connectivity index (χ1v) is 9.37. The third-order valence-corrected chi connectivity index (χ3v) is 5.73. The number of nitrogens with one attached hydrogen (secondary N) is 1. The molecule has 1 fully saturated rings. The molecule has 0 spiro atoms. The number of carboxylic acids is 1. The summed E-state index contributed by atoms with van der Waals surface area (Å²) < 4.78 is 5.41. The SMILES string of the molecule is CON=C(C(=O)NC1C(=O)N2C=C(C(=O)O)CS[C@H]12)C1=CSCCO1. The maximum Gasteiger partial charge on any atom is 0.333 e. The monoisotopic (exact) mass is 385 g/mol. The van der Waals surface area contributed by atoms with Gasteiger partial charge in [0.2, 0.25) is 5.71 Å². The number of rotatable bonds is 5. The number of oxime groups is 1. The highest BCUT2D eigenvalue weighted by atomic mass is 32.2. The predicted octanol–water partition coefficient (Wildman–Crippen LogP) is -0.0380. The molecule has 0 aliphatic carbocycles. The minimum absolute atomic E-state index is 0.0384. The normalized spacial score (nSPS) is 25.7. The lowest BCUT2D eigenvalue weighted by atomic mass is 10.1. The zero-order chi connectivity index (χ0) is 18.0. The zero-order valence-electron chi connectivity index (χ0n) is 13.1. The van der Waals surface area contributed by atoms with Crippen LogP contribution in [0.4, 0.5) is 0 Å². The van der Waals surface area contributed by atoms with Gasteiger partial charge in [0, 0.05) is 23.1 Å². The molecule has 0 saturated carbocycles. The topological polar surface area (TPSA) is 118 Å². The summed E-state index contributed by atoms with van der Waals surface area (Å²) in [4.78, 5) is 41.7. The van der Waals surface area contributed by atoms with Crippen molar-refractivity contribution in [3.05, 3.63) is 22.9 Å². The molecule has 134 valence electrons. The summed E-state index contributed by atoms with van der Waals surface area (Å²) >= 11 is 2.77. The molecule has 2 amide bonds. The van der Waals surface area contributed by atoms with Crippen LogP contribution in [0.5, 0.6) is 0 Å². The van der Waals surface area contributed by atoms with E-state index in [2.05, 4.69) is 10.5 Å². The van der Waals surface area contributed by atoms with Crippen molar-refractivity contribution in [2.24, 2.45) is 5.16 Å². The Morgan fingerprint density at radius 2 is 2.32 bits per heavy atom. The van der Waals surface area contributed by atoms with E-state index in [1.165, 1.54) is 41.7 Å². The van der Waals surface area contributed by atoms with E-state index in [4.69, 9.17) is 14.7 Å². The number of fused-ring (bicyclic) bond motifs is 1. The Kier molecular flexibility index (Phi) is 5.23. The van der Waals surface area contributed by atoms with Gasteiger partial charge in [0.25, 0.3) is 11.8 Å². The van der Waals surface area contributed by atoms with E-state index in [9.17, 15) is 14.4 Å². The fourth-order valence-corrected chi connectivity index (χ4v) is 4.30. The van der Waals surface area contributed by atoms with Gasteiger partial charge in [-0.15, -0.1) is 23.5 Å². The number of hydrogen-bond donors (Lipinski definition) is 2. The van der Waals surface area contributed by atoms with Crippen LogP contribution in [-0.2, 0) is 24.0 Å². The van der Waals surface area contributed by atoms with Gasteiger partial charge in [0.15, 0.2) is 5.76 Å². The summed E-state index contributed by atoms with van der Waals surface area (Å²) in [5.74, 6) is -0.669. The molecule has 3 heterocycles. The van der Waals surface area contributed by atoms with Crippen LogP contribution in [-0.4, -0.2) is 70.1 Å². The van der Waals surface area contributed by atoms with Crippen LogP contribution < -0.4 is 5.32 Å². The number of aliphatic carboxylic acids is 1. The summed E-state index contributed by atoms with van der Waals surface area (Å²) in [6, 6.07) is -0.747. The van der Waals surface area contributed by atoms with E-state index >= 15 is 0 Å². The van der Waals surface area contributed by atoms with Crippen LogP contribution in [0.3, 0.4) is 0 Å². The predicted molar refractivity (Wildman–Crippen MR) is 91.7 cm³/mol. The quantitative estimate of drug-likeness (QED) is 0.385. The number of ether oxygens (including phenoxy) is 1. The van der Waals surface area contributed by atoms with Crippen molar-refractivity contribution in [2.45, 2.75) is 11.4 Å². The van der Waals surface area contributed by atoms with Gasteiger partial charge in [0.1, 0.15) is 18.5 Å². The molecule has 3 rings (SSSR count). The molecule has 2 atom stereocenters. The van der Waals surface area contributed by atoms with Crippen LogP contribution in [0.1, 0.15) is 0 Å². The number of hydrogen-bond acceptors (Lipinski definition) is 8. The van der Waals surface area contributed by atoms with Gasteiger partial charge in [-0.2, -0.15) is 0 Å². The fourth-order valence-electron chi connectivity index (χ4n) is 2.42. The number of nitrogens with zero attached hydrogens (tertiary/aromatic N) is 2. The van der Waals surface area contributed by atoms with E-state index in [-0.39, 0.29) is 28.3 Å². The number of β-lactam (4-membered cyclic amide) rings is 1. The maximum absolute atomic E-state index is 12.5. The second kappa shape index (κ2) is 7.40. The highest BCUT2D eigenvalue weighted by Crippen LogP contribution is 2.36. The summed E-state index contributed by atoms with van der Waals surface area (Å²) in [5.41, 5.74) is 0.113. The Bertz CT molecular complexity index is 705. The van der Waals surface area contributed by atoms with Gasteiger partial charge in [-0.25, -0.2) is 4.79 Å². The van der Waals surface area contributed by atoms with Crippen molar-refractivity contribution in [3.8, 4) is 0 Å². The van der Waals surface area contributed by atoms with E-state index < -0.39 is 17.9 Å². The summed E-state index contributed by atoms with van der Waals surface area (Å²) in [6.45, 7) is 0.448. The molecule has 11 heteroatoms. The largest absolute Gasteiger partial charge is 0.490 e. The molecule has 2 N–H and O–H groups in total. The first kappa shape index (κ1) is 17.7. The van der Waals surface area contributed by atoms with Gasteiger partial charge in [-0.3, -0.25) is 9.59 Å². The molecule has 0 radical (unpaired) electrons. The first-order valence-electron chi connectivity index (χ1n) is 7.27. The summed E-state index contributed by atoms with van der Waals surface area (Å²) in [6.07, 6.45) is 1.32. The third kappa shape index (κ3) is 3.47. The maximum atomic E-state index is 12.5. The van der Waals surface area contributed by atoms with Crippen molar-refractivity contribution in [1.29, 1.82) is 0 Å². The Hall–Kier alpha value is -2.14. The van der Waals surface area contributed by atoms with Gasteiger partial charge in [-0.05, 0) is 0 Å². The zero-order valence-corrected chi connectivity index (χ0v) is 14.8. The Morgan fingerprint density at radius 1 is 1.52 bits per heavy atom. The van der Waals surface area contributed by atoms with E-state index in [1.807, 2.05) is 0 Å². The third-order valence-electron chi connectivity index (χ3n) is 3.63. The minimum Gasteiger partial charge on any atom is -0.490 e. The van der Waals surface area contributed by atoms with Crippen LogP contribution in [0, 0.1) is 0 Å². The first-order chi connectivity index (χ1) is 12.0. The average molecular weight is 385 g/mol. The molecule has 0 aromatic carbocycles. The highest BCUT2D eigenvalue weighted by molar-refractivity contribution is 8.02. The van der Waals surface area contributed by atoms with Crippen LogP contribution in [0.15, 0.2) is 28.1 Å². The Morgan fingerprint density at radius 3 is 2.96 bits per heavy atom. The molecule has 3 aliphatic heterocycles. The summed E-state index contributed by atoms with van der Waals surface area (Å²) in [5, 5.41) is 16.7. The Balaban J connectivity index is 1.69. The molecule has 3 aliphatic rings. The number of carbonyl (C=O) groups excluding carboxylic acids is 2. The lowest BCUT2D eigenvalue weighted by Gasteiger charge is -2.46. The molecule has 0 aromatic rings. The smallest absolute Gasteiger partial charge is 0.333 e. The molecule has 25 heavy (non-hydrogen) atoms. The molecular formula is C14H15N3O6S2. The second-order valence-electron chi connectivity index (χ2n) is 5.18. The molecule has 0 aromatic heterocycles. The molecule has 1 unspecified atom stereocenters. The van der Waals surface area contributed by atoms with Crippen molar-refractivity contribution in [2.75, 3.05) is 25.2 Å². The number of thioether (sulfide) groups is 2. The number of carbonyl (C=O) groups is 3. The van der Waals surface area contributed by atoms with E-state index in [0.717, 1.165) is 5.75 Å². The number of carboxylic acid groups (broad SMARTS) is 1. The minimum atomic E-state index is -1.06. The molecular weight excluding hydrogens is 370 g/mol. The summed E-state index contributed by atoms with van der Waals surface area (Å²) in [7, 11) is 1.31. The van der Waals surface area contributed by atoms with Crippen molar-refractivity contribution in [1.82, 2.24) is 10.2 Å². The van der Waals surface area contributed by atoms with Crippen molar-refractivity contribution >= 4 is 47.0 Å². The average Bonchev–Trinajstić information content (AvgIpc) is 2.63. The van der Waals surface area contributed by atoms with Crippen molar-refractivity contribution in [3.63, 3.8) is 0 Å². The fraction of sp³-hybridized carbons (Fsp3) is 0.429. The van der Waals surface area contributed by atoms with Crippen LogP contribution in [0.2, 0.25) is 0 Å². The highest BCUT2D eigenvalue weighted by Gasteiger charge is 2.50. The Labute approximate surface area is 151 Å². The molecule has 9 nitrogen and oxygen atoms in total. The van der Waals surface area contributed by atoms with E-state index in [1.54, 1.807) is 5.41 Å². The van der Waals surface area contributed by atoms with Gasteiger partial charge in [-0.1, -0.05) is 5.16 Å². The standard InChI is InChI=1S/C14H15N3O6S2/c1-22-16-9(8-6-24-3-2-23-8)11(18)15-10-12(19)17-4-7(14(20)21)5-25-13(10)17/h4,6,10,13H,2-3,5H2,1H3,(H,15,18)(H,20,21)/t10?,13-/m1/s1. The lowest BCUT2D eigenvalue weighted by Crippen LogP contribution is -2.69. The molecule has 1 saturated heterocycles.